The van der Waals surface area contributed by atoms with E-state index in [0.29, 0.717) is 25.1 Å². The predicted octanol–water partition coefficient (Wildman–Crippen LogP) is 2.30. The number of phenols is 1. The van der Waals surface area contributed by atoms with Crippen LogP contribution >= 0.6 is 0 Å². The quantitative estimate of drug-likeness (QED) is 0.856. The molecule has 1 amide bonds. The number of aromatic hydroxyl groups is 1. The lowest BCUT2D eigenvalue weighted by atomic mass is 10.1. The zero-order valence-corrected chi connectivity index (χ0v) is 12.0. The Bertz CT molecular complexity index is 596. The molecule has 0 aliphatic heterocycles. The topological polar surface area (TPSA) is 58.6 Å². The smallest absolute Gasteiger partial charge is 0.224 e. The van der Waals surface area contributed by atoms with Gasteiger partial charge in [-0.25, -0.2) is 0 Å². The van der Waals surface area contributed by atoms with Gasteiger partial charge in [0.1, 0.15) is 0 Å². The van der Waals surface area contributed by atoms with Gasteiger partial charge in [0.25, 0.3) is 0 Å². The van der Waals surface area contributed by atoms with Gasteiger partial charge in [-0.15, -0.1) is 0 Å². The number of amides is 1. The minimum absolute atomic E-state index is 0.00643. The van der Waals surface area contributed by atoms with Crippen LogP contribution in [-0.2, 0) is 17.6 Å². The monoisotopic (exact) mass is 285 g/mol. The van der Waals surface area contributed by atoms with Crippen molar-refractivity contribution in [1.82, 2.24) is 5.32 Å². The fourth-order valence-corrected chi connectivity index (χ4v) is 2.07. The highest BCUT2D eigenvalue weighted by Crippen LogP contribution is 2.26. The molecule has 0 heterocycles. The van der Waals surface area contributed by atoms with E-state index < -0.39 is 0 Å². The summed E-state index contributed by atoms with van der Waals surface area (Å²) in [5.41, 5.74) is 2.01. The van der Waals surface area contributed by atoms with Crippen LogP contribution in [0.25, 0.3) is 0 Å². The number of hydrogen-bond donors (Lipinski definition) is 2. The molecule has 4 heteroatoms. The van der Waals surface area contributed by atoms with Gasteiger partial charge in [0.2, 0.25) is 5.91 Å². The Morgan fingerprint density at radius 1 is 1.14 bits per heavy atom. The van der Waals surface area contributed by atoms with E-state index in [4.69, 9.17) is 4.74 Å². The number of carbonyl (C=O) groups excluding carboxylic acids is 1. The van der Waals surface area contributed by atoms with Gasteiger partial charge in [-0.1, -0.05) is 36.4 Å². The summed E-state index contributed by atoms with van der Waals surface area (Å²) in [5.74, 6) is 0.574. The highest BCUT2D eigenvalue weighted by molar-refractivity contribution is 5.78. The van der Waals surface area contributed by atoms with E-state index in [1.807, 2.05) is 36.4 Å². The first-order chi connectivity index (χ1) is 10.2. The molecule has 2 aromatic carbocycles. The third kappa shape index (κ3) is 4.53. The van der Waals surface area contributed by atoms with Crippen LogP contribution in [0, 0.1) is 0 Å². The molecule has 0 saturated heterocycles. The molecular weight excluding hydrogens is 266 g/mol. The summed E-state index contributed by atoms with van der Waals surface area (Å²) in [6, 6.07) is 14.8. The van der Waals surface area contributed by atoms with Crippen molar-refractivity contribution >= 4 is 5.91 Å². The van der Waals surface area contributed by atoms with Gasteiger partial charge in [0.05, 0.1) is 13.5 Å². The van der Waals surface area contributed by atoms with Crippen molar-refractivity contribution in [2.75, 3.05) is 13.7 Å². The van der Waals surface area contributed by atoms with E-state index in [1.165, 1.54) is 7.11 Å². The van der Waals surface area contributed by atoms with Crippen molar-refractivity contribution in [1.29, 1.82) is 0 Å². The van der Waals surface area contributed by atoms with E-state index in [9.17, 15) is 9.90 Å². The zero-order valence-electron chi connectivity index (χ0n) is 12.0. The van der Waals surface area contributed by atoms with Crippen LogP contribution in [0.2, 0.25) is 0 Å². The van der Waals surface area contributed by atoms with Crippen molar-refractivity contribution in [3.8, 4) is 11.5 Å². The molecule has 0 saturated carbocycles. The molecule has 0 aliphatic rings. The predicted molar refractivity (Wildman–Crippen MR) is 81.5 cm³/mol. The van der Waals surface area contributed by atoms with E-state index in [0.717, 1.165) is 11.1 Å². The van der Waals surface area contributed by atoms with Crippen LogP contribution < -0.4 is 10.1 Å². The Balaban J connectivity index is 1.80. The summed E-state index contributed by atoms with van der Waals surface area (Å²) in [4.78, 5) is 11.8. The minimum Gasteiger partial charge on any atom is -0.504 e. The second kappa shape index (κ2) is 7.33. The lowest BCUT2D eigenvalue weighted by molar-refractivity contribution is -0.120. The number of rotatable bonds is 6. The maximum Gasteiger partial charge on any atom is 0.224 e. The highest BCUT2D eigenvalue weighted by atomic mass is 16.5. The second-order valence-corrected chi connectivity index (χ2v) is 4.77. The average molecular weight is 285 g/mol. The summed E-state index contributed by atoms with van der Waals surface area (Å²) < 4.78 is 5.05. The number of carbonyl (C=O) groups is 1. The number of hydrogen-bond acceptors (Lipinski definition) is 3. The van der Waals surface area contributed by atoms with Gasteiger partial charge in [-0.05, 0) is 29.7 Å². The van der Waals surface area contributed by atoms with Crippen molar-refractivity contribution in [3.05, 3.63) is 59.7 Å². The first kappa shape index (κ1) is 14.9. The standard InChI is InChI=1S/C17H19NO3/c1-21-16-11-14(7-8-15(16)19)9-10-18-17(20)12-13-5-3-2-4-6-13/h2-8,11,19H,9-10,12H2,1H3,(H,18,20). The molecule has 2 N–H and O–H groups in total. The molecule has 110 valence electrons. The Morgan fingerprint density at radius 2 is 1.90 bits per heavy atom. The fourth-order valence-electron chi connectivity index (χ4n) is 2.07. The van der Waals surface area contributed by atoms with Crippen molar-refractivity contribution in [2.24, 2.45) is 0 Å². The molecule has 0 atom stereocenters. The normalized spacial score (nSPS) is 10.1. The summed E-state index contributed by atoms with van der Waals surface area (Å²) >= 11 is 0. The van der Waals surface area contributed by atoms with Gasteiger partial charge < -0.3 is 15.2 Å². The summed E-state index contributed by atoms with van der Waals surface area (Å²) in [6.45, 7) is 0.555. The molecule has 4 nitrogen and oxygen atoms in total. The Hall–Kier alpha value is -2.49. The maximum atomic E-state index is 11.8. The zero-order chi connectivity index (χ0) is 15.1. The van der Waals surface area contributed by atoms with Crippen LogP contribution in [0.3, 0.4) is 0 Å². The largest absolute Gasteiger partial charge is 0.504 e. The molecular formula is C17H19NO3. The van der Waals surface area contributed by atoms with Crippen LogP contribution in [0.15, 0.2) is 48.5 Å². The number of nitrogens with one attached hydrogen (secondary N) is 1. The van der Waals surface area contributed by atoms with Crippen LogP contribution in [-0.4, -0.2) is 24.7 Å². The van der Waals surface area contributed by atoms with Crippen LogP contribution in [0.4, 0.5) is 0 Å². The van der Waals surface area contributed by atoms with Gasteiger partial charge in [-0.3, -0.25) is 4.79 Å². The summed E-state index contributed by atoms with van der Waals surface area (Å²) in [6.07, 6.45) is 1.08. The molecule has 21 heavy (non-hydrogen) atoms. The summed E-state index contributed by atoms with van der Waals surface area (Å²) in [7, 11) is 1.51. The SMILES string of the molecule is COc1cc(CCNC(=O)Cc2ccccc2)ccc1O. The Morgan fingerprint density at radius 3 is 2.62 bits per heavy atom. The number of phenolic OH excluding ortho intramolecular Hbond substituents is 1. The van der Waals surface area contributed by atoms with Crippen molar-refractivity contribution in [3.63, 3.8) is 0 Å². The molecule has 0 aromatic heterocycles. The van der Waals surface area contributed by atoms with E-state index in [2.05, 4.69) is 5.32 Å². The minimum atomic E-state index is 0.00643. The van der Waals surface area contributed by atoms with E-state index in [-0.39, 0.29) is 11.7 Å². The first-order valence-corrected chi connectivity index (χ1v) is 6.85. The van der Waals surface area contributed by atoms with E-state index >= 15 is 0 Å². The van der Waals surface area contributed by atoms with Crippen molar-refractivity contribution in [2.45, 2.75) is 12.8 Å². The van der Waals surface area contributed by atoms with Crippen LogP contribution in [0.1, 0.15) is 11.1 Å². The Labute approximate surface area is 124 Å². The average Bonchev–Trinajstić information content (AvgIpc) is 2.50. The van der Waals surface area contributed by atoms with Gasteiger partial charge in [-0.2, -0.15) is 0 Å². The highest BCUT2D eigenvalue weighted by Gasteiger charge is 2.05. The van der Waals surface area contributed by atoms with Gasteiger partial charge in [0.15, 0.2) is 11.5 Å². The second-order valence-electron chi connectivity index (χ2n) is 4.77. The maximum absolute atomic E-state index is 11.8. The molecule has 2 rings (SSSR count). The van der Waals surface area contributed by atoms with Crippen LogP contribution in [0.5, 0.6) is 11.5 Å². The molecule has 0 bridgehead atoms. The van der Waals surface area contributed by atoms with Gasteiger partial charge in [0, 0.05) is 6.54 Å². The lowest BCUT2D eigenvalue weighted by Gasteiger charge is -2.08. The Kier molecular flexibility index (Phi) is 5.21. The van der Waals surface area contributed by atoms with E-state index in [1.54, 1.807) is 12.1 Å². The third-order valence-electron chi connectivity index (χ3n) is 3.19. The molecule has 0 radical (unpaired) electrons. The molecule has 0 spiro atoms. The van der Waals surface area contributed by atoms with Gasteiger partial charge >= 0.3 is 0 Å². The molecule has 0 fully saturated rings. The first-order valence-electron chi connectivity index (χ1n) is 6.85. The third-order valence-corrected chi connectivity index (χ3v) is 3.19. The lowest BCUT2D eigenvalue weighted by Crippen LogP contribution is -2.27. The molecule has 2 aromatic rings. The number of benzene rings is 2. The molecule has 0 aliphatic carbocycles. The van der Waals surface area contributed by atoms with Crippen molar-refractivity contribution < 1.29 is 14.6 Å². The molecule has 0 unspecified atom stereocenters. The number of methoxy groups -OCH3 is 1. The number of ether oxygens (including phenoxy) is 1. The summed E-state index contributed by atoms with van der Waals surface area (Å²) in [5, 5.41) is 12.4. The fraction of sp³-hybridized carbons (Fsp3) is 0.235.